The molecule has 11 heteroatoms. The fourth-order valence-electron chi connectivity index (χ4n) is 9.04. The van der Waals surface area contributed by atoms with Crippen molar-refractivity contribution in [2.45, 2.75) is 80.5 Å². The van der Waals surface area contributed by atoms with Crippen molar-refractivity contribution in [2.24, 2.45) is 16.8 Å². The van der Waals surface area contributed by atoms with Crippen LogP contribution < -0.4 is 5.32 Å². The molecular formula is C45H52Cl2N4O4S. The van der Waals surface area contributed by atoms with Gasteiger partial charge < -0.3 is 19.7 Å². The number of hydrogen-bond donors (Lipinski definition) is 1. The van der Waals surface area contributed by atoms with Crippen molar-refractivity contribution in [3.05, 3.63) is 130 Å². The number of piperidine rings is 1. The van der Waals surface area contributed by atoms with Crippen LogP contribution in [0.5, 0.6) is 0 Å². The summed E-state index contributed by atoms with van der Waals surface area (Å²) >= 11 is 12.7. The molecule has 1 N–H and O–H groups in total. The number of ether oxygens (including phenoxy) is 2. The van der Waals surface area contributed by atoms with Gasteiger partial charge in [-0.25, -0.2) is 8.42 Å². The molecule has 3 fully saturated rings. The molecule has 0 amide bonds. The van der Waals surface area contributed by atoms with Crippen LogP contribution in [0.3, 0.4) is 0 Å². The summed E-state index contributed by atoms with van der Waals surface area (Å²) in [6, 6.07) is 34.8. The van der Waals surface area contributed by atoms with Gasteiger partial charge in [0.25, 0.3) is 0 Å². The molecule has 3 atom stereocenters. The van der Waals surface area contributed by atoms with Crippen molar-refractivity contribution < 1.29 is 17.9 Å². The number of halogens is 2. The number of sulfonamides is 1. The zero-order valence-electron chi connectivity index (χ0n) is 31.8. The van der Waals surface area contributed by atoms with E-state index in [1.54, 1.807) is 16.4 Å². The Hall–Kier alpha value is -3.44. The maximum Gasteiger partial charge on any atom is 0.243 e. The molecule has 56 heavy (non-hydrogen) atoms. The van der Waals surface area contributed by atoms with Gasteiger partial charge in [0.05, 0.1) is 43.4 Å². The highest BCUT2D eigenvalue weighted by Gasteiger charge is 2.49. The molecule has 4 aromatic rings. The summed E-state index contributed by atoms with van der Waals surface area (Å²) in [5.74, 6) is 2.49. The van der Waals surface area contributed by atoms with E-state index in [-0.39, 0.29) is 12.0 Å². The van der Waals surface area contributed by atoms with Crippen LogP contribution in [0.15, 0.2) is 113 Å². The number of benzene rings is 4. The van der Waals surface area contributed by atoms with E-state index in [2.05, 4.69) is 34.5 Å². The largest absolute Gasteiger partial charge is 0.383 e. The van der Waals surface area contributed by atoms with Crippen molar-refractivity contribution >= 4 is 44.7 Å². The molecule has 1 saturated heterocycles. The monoisotopic (exact) mass is 814 g/mol. The maximum atomic E-state index is 14.0. The van der Waals surface area contributed by atoms with Gasteiger partial charge in [-0.2, -0.15) is 4.31 Å². The third-order valence-corrected chi connectivity index (χ3v) is 14.4. The third kappa shape index (κ3) is 9.30. The van der Waals surface area contributed by atoms with Crippen LogP contribution in [0.25, 0.3) is 0 Å². The summed E-state index contributed by atoms with van der Waals surface area (Å²) in [4.78, 5) is 8.43. The highest BCUT2D eigenvalue weighted by molar-refractivity contribution is 7.89. The predicted molar refractivity (Wildman–Crippen MR) is 225 cm³/mol. The second-order valence-electron chi connectivity index (χ2n) is 15.7. The van der Waals surface area contributed by atoms with Crippen LogP contribution in [0.4, 0.5) is 5.69 Å². The predicted octanol–water partition coefficient (Wildman–Crippen LogP) is 9.29. The fraction of sp³-hybridized carbons (Fsp3) is 0.444. The molecule has 4 aromatic carbocycles. The Morgan fingerprint density at radius 1 is 0.750 bits per heavy atom. The summed E-state index contributed by atoms with van der Waals surface area (Å²) < 4.78 is 41.1. The smallest absolute Gasteiger partial charge is 0.243 e. The summed E-state index contributed by atoms with van der Waals surface area (Å²) in [6.07, 6.45) is 7.20. The van der Waals surface area contributed by atoms with Gasteiger partial charge in [0.2, 0.25) is 10.0 Å². The molecule has 2 aliphatic carbocycles. The Balaban J connectivity index is 0.876. The van der Waals surface area contributed by atoms with Crippen LogP contribution in [0.1, 0.15) is 67.6 Å². The Bertz CT molecular complexity index is 1990. The molecule has 4 aliphatic rings. The third-order valence-electron chi connectivity index (χ3n) is 12.0. The lowest BCUT2D eigenvalue weighted by atomic mass is 9.70. The van der Waals surface area contributed by atoms with Gasteiger partial charge >= 0.3 is 0 Å². The average Bonchev–Trinajstić information content (AvgIpc) is 4.01. The van der Waals surface area contributed by atoms with E-state index < -0.39 is 10.0 Å². The Morgan fingerprint density at radius 2 is 1.43 bits per heavy atom. The van der Waals surface area contributed by atoms with E-state index in [9.17, 15) is 8.42 Å². The second-order valence-corrected chi connectivity index (χ2v) is 18.5. The molecule has 8 nitrogen and oxygen atoms in total. The number of rotatable bonds is 16. The number of fused-ring (bicyclic) bond motifs is 1. The maximum absolute atomic E-state index is 14.0. The van der Waals surface area contributed by atoms with Crippen LogP contribution in [-0.2, 0) is 26.1 Å². The number of anilines is 1. The molecule has 0 bridgehead atoms. The minimum absolute atomic E-state index is 0.229. The molecule has 2 aliphatic heterocycles. The lowest BCUT2D eigenvalue weighted by molar-refractivity contribution is 0.0441. The highest BCUT2D eigenvalue weighted by Crippen LogP contribution is 2.48. The SMILES string of the molecule is O=S(=O)(c1cccc(NCCOCCOCc2ccccc2)c1)N1CCC(N2C(C3CC3)=NC3CCC(C(c4ccc(Cl)cc4)c4ccc(Cl)cc4)CC32)CC1. The highest BCUT2D eigenvalue weighted by atomic mass is 35.5. The number of nitrogens with zero attached hydrogens (tertiary/aromatic N) is 3. The molecule has 3 unspecified atom stereocenters. The van der Waals surface area contributed by atoms with Gasteiger partial charge in [-0.3, -0.25) is 4.99 Å². The summed E-state index contributed by atoms with van der Waals surface area (Å²) in [5.41, 5.74) is 4.46. The second kappa shape index (κ2) is 18.0. The first-order valence-electron chi connectivity index (χ1n) is 20.2. The molecule has 0 aromatic heterocycles. The number of aliphatic imine (C=N–C) groups is 1. The van der Waals surface area contributed by atoms with E-state index in [0.717, 1.165) is 53.4 Å². The quantitative estimate of drug-likeness (QED) is 0.114. The Kier molecular flexibility index (Phi) is 12.7. The first-order chi connectivity index (χ1) is 27.3. The van der Waals surface area contributed by atoms with Gasteiger partial charge in [-0.1, -0.05) is 83.9 Å². The number of nitrogens with one attached hydrogen (secondary N) is 1. The van der Waals surface area contributed by atoms with Gasteiger partial charge in [0.15, 0.2) is 0 Å². The van der Waals surface area contributed by atoms with Crippen molar-refractivity contribution in [1.29, 1.82) is 0 Å². The Labute approximate surface area is 342 Å². The van der Waals surface area contributed by atoms with Crippen molar-refractivity contribution in [2.75, 3.05) is 44.8 Å². The van der Waals surface area contributed by atoms with E-state index in [0.29, 0.717) is 74.9 Å². The van der Waals surface area contributed by atoms with E-state index in [1.807, 2.05) is 66.7 Å². The average molecular weight is 816 g/mol. The van der Waals surface area contributed by atoms with Crippen LogP contribution in [-0.4, -0.2) is 81.0 Å². The molecular weight excluding hydrogens is 763 g/mol. The normalized spacial score (nSPS) is 21.9. The zero-order valence-corrected chi connectivity index (χ0v) is 34.1. The molecule has 0 spiro atoms. The van der Waals surface area contributed by atoms with Gasteiger partial charge in [-0.05, 0) is 110 Å². The van der Waals surface area contributed by atoms with Gasteiger partial charge in [0, 0.05) is 53.2 Å². The number of amidine groups is 1. The van der Waals surface area contributed by atoms with E-state index in [1.165, 1.54) is 29.8 Å². The minimum atomic E-state index is -3.65. The first kappa shape index (κ1) is 39.4. The standard InChI is InChI=1S/C45H52Cl2N4O4S/c46-37-16-11-33(12-17-37)44(34-13-18-38(47)19-14-34)36-15-20-42-43(29-36)51(45(49-42)35-9-10-35)40-21-24-50(25-22-40)56(52,53)41-8-4-7-39(30-41)48-23-26-54-27-28-55-31-32-5-2-1-3-6-32/h1-8,11-14,16-19,30,35-36,40,42-44,48H,9-10,15,20-29,31H2. The number of hydrogen-bond acceptors (Lipinski definition) is 7. The minimum Gasteiger partial charge on any atom is -0.383 e. The Morgan fingerprint density at radius 3 is 2.11 bits per heavy atom. The summed E-state index contributed by atoms with van der Waals surface area (Å²) in [6.45, 7) is 3.64. The molecule has 296 valence electrons. The van der Waals surface area contributed by atoms with Crippen LogP contribution in [0, 0.1) is 11.8 Å². The van der Waals surface area contributed by atoms with Crippen LogP contribution >= 0.6 is 23.2 Å². The van der Waals surface area contributed by atoms with E-state index >= 15 is 0 Å². The molecule has 8 rings (SSSR count). The lowest BCUT2D eigenvalue weighted by Crippen LogP contribution is -2.53. The topological polar surface area (TPSA) is 83.5 Å². The molecule has 0 radical (unpaired) electrons. The fourth-order valence-corrected chi connectivity index (χ4v) is 10.8. The summed E-state index contributed by atoms with van der Waals surface area (Å²) in [5, 5.41) is 4.81. The van der Waals surface area contributed by atoms with Crippen molar-refractivity contribution in [3.63, 3.8) is 0 Å². The van der Waals surface area contributed by atoms with Gasteiger partial charge in [-0.15, -0.1) is 0 Å². The molecule has 2 heterocycles. The van der Waals surface area contributed by atoms with Crippen molar-refractivity contribution in [1.82, 2.24) is 9.21 Å². The van der Waals surface area contributed by atoms with E-state index in [4.69, 9.17) is 37.7 Å². The lowest BCUT2D eigenvalue weighted by Gasteiger charge is -2.45. The first-order valence-corrected chi connectivity index (χ1v) is 22.4. The van der Waals surface area contributed by atoms with Crippen molar-refractivity contribution in [3.8, 4) is 0 Å². The summed E-state index contributed by atoms with van der Waals surface area (Å²) in [7, 11) is -3.65. The zero-order chi connectivity index (χ0) is 38.5. The molecule has 2 saturated carbocycles. The van der Waals surface area contributed by atoms with Crippen LogP contribution in [0.2, 0.25) is 10.0 Å². The van der Waals surface area contributed by atoms with Gasteiger partial charge in [0.1, 0.15) is 5.84 Å².